The van der Waals surface area contributed by atoms with Crippen LogP contribution in [-0.4, -0.2) is 50.0 Å². The van der Waals surface area contributed by atoms with Crippen LogP contribution in [0, 0.1) is 6.92 Å². The van der Waals surface area contributed by atoms with Crippen LogP contribution in [0.25, 0.3) is 0 Å². The van der Waals surface area contributed by atoms with Crippen molar-refractivity contribution in [2.24, 2.45) is 0 Å². The van der Waals surface area contributed by atoms with E-state index in [0.29, 0.717) is 23.7 Å². The van der Waals surface area contributed by atoms with Crippen LogP contribution in [0.5, 0.6) is 0 Å². The molecule has 9 heteroatoms. The molecular weight excluding hydrogens is 498 g/mol. The molecule has 36 heavy (non-hydrogen) atoms. The molecule has 1 N–H and O–H groups in total. The van der Waals surface area contributed by atoms with Crippen LogP contribution in [0.1, 0.15) is 56.6 Å². The molecule has 0 aliphatic heterocycles. The summed E-state index contributed by atoms with van der Waals surface area (Å²) in [6.07, 6.45) is 5.71. The smallest absolute Gasteiger partial charge is 0.242 e. The molecule has 7 nitrogen and oxygen atoms in total. The monoisotopic (exact) mass is 533 g/mol. The van der Waals surface area contributed by atoms with E-state index in [-0.39, 0.29) is 30.8 Å². The van der Waals surface area contributed by atoms with Gasteiger partial charge in [0, 0.05) is 30.6 Å². The number of rotatable bonds is 11. The summed E-state index contributed by atoms with van der Waals surface area (Å²) >= 11 is 6.12. The van der Waals surface area contributed by atoms with E-state index in [1.54, 1.807) is 30.0 Å². The first-order valence-electron chi connectivity index (χ1n) is 12.4. The van der Waals surface area contributed by atoms with Gasteiger partial charge in [0.1, 0.15) is 6.04 Å². The van der Waals surface area contributed by atoms with Crippen molar-refractivity contribution in [3.63, 3.8) is 0 Å². The van der Waals surface area contributed by atoms with E-state index in [4.69, 9.17) is 11.6 Å². The van der Waals surface area contributed by atoms with Crippen molar-refractivity contribution in [3.05, 3.63) is 64.7 Å². The van der Waals surface area contributed by atoms with E-state index in [1.807, 2.05) is 37.3 Å². The maximum atomic E-state index is 13.4. The van der Waals surface area contributed by atoms with Gasteiger partial charge in [0.05, 0.1) is 11.9 Å². The Hall–Kier alpha value is -2.58. The second-order valence-electron chi connectivity index (χ2n) is 9.54. The van der Waals surface area contributed by atoms with Gasteiger partial charge in [-0.25, -0.2) is 8.42 Å². The molecule has 0 spiro atoms. The van der Waals surface area contributed by atoms with Gasteiger partial charge in [-0.1, -0.05) is 60.8 Å². The highest BCUT2D eigenvalue weighted by Gasteiger charge is 2.29. The van der Waals surface area contributed by atoms with Gasteiger partial charge in [-0.3, -0.25) is 13.9 Å². The lowest BCUT2D eigenvalue weighted by atomic mass is 10.1. The van der Waals surface area contributed by atoms with Crippen LogP contribution in [0.4, 0.5) is 5.69 Å². The predicted molar refractivity (Wildman–Crippen MR) is 144 cm³/mol. The van der Waals surface area contributed by atoms with Crippen molar-refractivity contribution in [3.8, 4) is 0 Å². The highest BCUT2D eigenvalue weighted by atomic mass is 35.5. The molecule has 1 aliphatic carbocycles. The van der Waals surface area contributed by atoms with Crippen LogP contribution >= 0.6 is 11.6 Å². The fraction of sp³-hybridized carbons (Fsp3) is 0.481. The first-order valence-corrected chi connectivity index (χ1v) is 14.7. The minimum atomic E-state index is -3.58. The highest BCUT2D eigenvalue weighted by molar-refractivity contribution is 7.92. The second kappa shape index (κ2) is 12.6. The minimum absolute atomic E-state index is 0.111. The Labute approximate surface area is 219 Å². The molecule has 1 fully saturated rings. The number of nitrogens with zero attached hydrogens (tertiary/aromatic N) is 2. The SMILES string of the molecule is Cc1ccc(Cl)cc1N(CCCC(=O)N(Cc1ccccc1)C(C)C(=O)NC1CCCC1)S(C)(=O)=O. The highest BCUT2D eigenvalue weighted by Crippen LogP contribution is 2.27. The summed E-state index contributed by atoms with van der Waals surface area (Å²) in [6.45, 7) is 4.01. The van der Waals surface area contributed by atoms with Gasteiger partial charge in [-0.2, -0.15) is 0 Å². The van der Waals surface area contributed by atoms with Gasteiger partial charge in [0.15, 0.2) is 0 Å². The molecule has 1 aliphatic rings. The Morgan fingerprint density at radius 1 is 1.11 bits per heavy atom. The molecule has 2 aromatic carbocycles. The summed E-state index contributed by atoms with van der Waals surface area (Å²) in [5, 5.41) is 3.54. The van der Waals surface area contributed by atoms with Gasteiger partial charge in [-0.05, 0) is 56.4 Å². The third-order valence-corrected chi connectivity index (χ3v) is 8.07. The van der Waals surface area contributed by atoms with Gasteiger partial charge in [0.25, 0.3) is 0 Å². The van der Waals surface area contributed by atoms with E-state index in [1.165, 1.54) is 4.31 Å². The number of halogens is 1. The number of carbonyl (C=O) groups is 2. The predicted octanol–water partition coefficient (Wildman–Crippen LogP) is 4.67. The lowest BCUT2D eigenvalue weighted by Crippen LogP contribution is -2.49. The summed E-state index contributed by atoms with van der Waals surface area (Å²) in [7, 11) is -3.58. The molecule has 1 unspecified atom stereocenters. The zero-order valence-corrected chi connectivity index (χ0v) is 22.8. The van der Waals surface area contributed by atoms with Gasteiger partial charge in [0.2, 0.25) is 21.8 Å². The topological polar surface area (TPSA) is 86.8 Å². The number of amides is 2. The van der Waals surface area contributed by atoms with Gasteiger partial charge in [-0.15, -0.1) is 0 Å². The third-order valence-electron chi connectivity index (χ3n) is 6.66. The van der Waals surface area contributed by atoms with E-state index < -0.39 is 16.1 Å². The Balaban J connectivity index is 1.72. The first-order chi connectivity index (χ1) is 17.1. The van der Waals surface area contributed by atoms with Gasteiger partial charge >= 0.3 is 0 Å². The molecule has 0 aromatic heterocycles. The number of benzene rings is 2. The molecule has 1 atom stereocenters. The molecule has 3 rings (SSSR count). The zero-order valence-electron chi connectivity index (χ0n) is 21.2. The number of nitrogens with one attached hydrogen (secondary N) is 1. The second-order valence-corrected chi connectivity index (χ2v) is 11.9. The zero-order chi connectivity index (χ0) is 26.3. The lowest BCUT2D eigenvalue weighted by molar-refractivity contribution is -0.141. The number of sulfonamides is 1. The van der Waals surface area contributed by atoms with Crippen molar-refractivity contribution in [2.75, 3.05) is 17.1 Å². The van der Waals surface area contributed by atoms with Crippen LogP contribution in [0.15, 0.2) is 48.5 Å². The van der Waals surface area contributed by atoms with Crippen molar-refractivity contribution in [1.29, 1.82) is 0 Å². The normalized spacial score (nSPS) is 14.9. The summed E-state index contributed by atoms with van der Waals surface area (Å²) < 4.78 is 26.4. The standard InChI is InChI=1S/C27H36ClN3O4S/c1-20-15-16-23(28)18-25(20)31(36(3,34)35)17-9-14-26(32)30(19-22-10-5-4-6-11-22)21(2)27(33)29-24-12-7-8-13-24/h4-6,10-11,15-16,18,21,24H,7-9,12-14,17,19H2,1-3H3,(H,29,33). The van der Waals surface area contributed by atoms with Crippen molar-refractivity contribution in [1.82, 2.24) is 10.2 Å². The average molecular weight is 534 g/mol. The molecule has 1 saturated carbocycles. The Bertz CT molecular complexity index is 1150. The molecule has 0 bridgehead atoms. The maximum absolute atomic E-state index is 13.4. The molecule has 0 radical (unpaired) electrons. The Morgan fingerprint density at radius 2 is 1.78 bits per heavy atom. The molecular formula is C27H36ClN3O4S. The first kappa shape index (κ1) is 28.0. The van der Waals surface area contributed by atoms with Crippen LogP contribution in [0.2, 0.25) is 5.02 Å². The molecule has 2 aromatic rings. The number of hydrogen-bond acceptors (Lipinski definition) is 4. The summed E-state index contributed by atoms with van der Waals surface area (Å²) in [5.74, 6) is -0.345. The number of hydrogen-bond donors (Lipinski definition) is 1. The number of carbonyl (C=O) groups excluding carboxylic acids is 2. The lowest BCUT2D eigenvalue weighted by Gasteiger charge is -2.30. The van der Waals surface area contributed by atoms with Crippen molar-refractivity contribution < 1.29 is 18.0 Å². The van der Waals surface area contributed by atoms with E-state index in [0.717, 1.165) is 43.1 Å². The fourth-order valence-corrected chi connectivity index (χ4v) is 5.77. The van der Waals surface area contributed by atoms with E-state index in [2.05, 4.69) is 5.32 Å². The number of aryl methyl sites for hydroxylation is 1. The molecule has 2 amide bonds. The number of anilines is 1. The van der Waals surface area contributed by atoms with Crippen molar-refractivity contribution in [2.45, 2.75) is 71.0 Å². The van der Waals surface area contributed by atoms with E-state index in [9.17, 15) is 18.0 Å². The largest absolute Gasteiger partial charge is 0.352 e. The summed E-state index contributed by atoms with van der Waals surface area (Å²) in [6, 6.07) is 14.2. The maximum Gasteiger partial charge on any atom is 0.242 e. The van der Waals surface area contributed by atoms with Crippen LogP contribution in [-0.2, 0) is 26.2 Å². The quantitative estimate of drug-likeness (QED) is 0.454. The van der Waals surface area contributed by atoms with E-state index >= 15 is 0 Å². The minimum Gasteiger partial charge on any atom is -0.352 e. The van der Waals surface area contributed by atoms with Crippen molar-refractivity contribution >= 4 is 39.1 Å². The fourth-order valence-electron chi connectivity index (χ4n) is 4.59. The Kier molecular flexibility index (Phi) is 9.79. The van der Waals surface area contributed by atoms with Crippen LogP contribution in [0.3, 0.4) is 0 Å². The van der Waals surface area contributed by atoms with Crippen LogP contribution < -0.4 is 9.62 Å². The Morgan fingerprint density at radius 3 is 2.42 bits per heavy atom. The summed E-state index contributed by atoms with van der Waals surface area (Å²) in [4.78, 5) is 28.0. The molecule has 196 valence electrons. The van der Waals surface area contributed by atoms with Gasteiger partial charge < -0.3 is 10.2 Å². The molecule has 0 heterocycles. The summed E-state index contributed by atoms with van der Waals surface area (Å²) in [5.41, 5.74) is 2.21. The third kappa shape index (κ3) is 7.71. The molecule has 0 saturated heterocycles. The average Bonchev–Trinajstić information content (AvgIpc) is 3.34.